The van der Waals surface area contributed by atoms with Gasteiger partial charge in [0.15, 0.2) is 0 Å². The standard InChI is InChI=1S/C16H23FN4O2/c1-16(2,18)14(22)21-9-7-13(8-10-21)20-15(23)19-12-5-3-11(17)4-6-12/h3-6,13H,7-10,18H2,1-2H3,(H2,19,20,23). The molecule has 1 fully saturated rings. The Hall–Kier alpha value is -2.15. The number of halogens is 1. The molecule has 0 aliphatic carbocycles. The summed E-state index contributed by atoms with van der Waals surface area (Å²) in [6.07, 6.45) is 1.36. The highest BCUT2D eigenvalue weighted by Gasteiger charge is 2.31. The Balaban J connectivity index is 1.79. The van der Waals surface area contributed by atoms with Gasteiger partial charge in [-0.1, -0.05) is 0 Å². The molecule has 1 saturated heterocycles. The van der Waals surface area contributed by atoms with Crippen LogP contribution in [-0.4, -0.2) is 41.5 Å². The molecule has 1 aliphatic heterocycles. The van der Waals surface area contributed by atoms with Gasteiger partial charge in [-0.15, -0.1) is 0 Å². The summed E-state index contributed by atoms with van der Waals surface area (Å²) in [6.45, 7) is 4.52. The summed E-state index contributed by atoms with van der Waals surface area (Å²) in [6, 6.07) is 5.24. The first kappa shape index (κ1) is 17.2. The van der Waals surface area contributed by atoms with Gasteiger partial charge in [0.05, 0.1) is 5.54 Å². The third kappa shape index (κ3) is 4.92. The second kappa shape index (κ2) is 6.95. The molecule has 0 radical (unpaired) electrons. The second-order valence-electron chi connectivity index (χ2n) is 6.39. The fourth-order valence-electron chi connectivity index (χ4n) is 2.52. The molecule has 0 unspecified atom stereocenters. The summed E-state index contributed by atoms with van der Waals surface area (Å²) < 4.78 is 12.8. The van der Waals surface area contributed by atoms with Gasteiger partial charge in [0, 0.05) is 24.8 Å². The summed E-state index contributed by atoms with van der Waals surface area (Å²) in [5.41, 5.74) is 5.48. The van der Waals surface area contributed by atoms with Crippen LogP contribution >= 0.6 is 0 Å². The van der Waals surface area contributed by atoms with E-state index in [-0.39, 0.29) is 23.8 Å². The highest BCUT2D eigenvalue weighted by atomic mass is 19.1. The maximum Gasteiger partial charge on any atom is 0.319 e. The van der Waals surface area contributed by atoms with Crippen LogP contribution in [0.25, 0.3) is 0 Å². The normalized spacial score (nSPS) is 16.1. The number of hydrogen-bond acceptors (Lipinski definition) is 3. The summed E-state index contributed by atoms with van der Waals surface area (Å²) in [7, 11) is 0. The zero-order valence-electron chi connectivity index (χ0n) is 13.4. The minimum atomic E-state index is -0.875. The van der Waals surface area contributed by atoms with Crippen molar-refractivity contribution >= 4 is 17.6 Å². The Bertz CT molecular complexity index is 560. The Labute approximate surface area is 135 Å². The molecule has 23 heavy (non-hydrogen) atoms. The molecule has 1 aromatic carbocycles. The topological polar surface area (TPSA) is 87.5 Å². The molecule has 7 heteroatoms. The van der Waals surface area contributed by atoms with Crippen molar-refractivity contribution < 1.29 is 14.0 Å². The zero-order chi connectivity index (χ0) is 17.0. The molecule has 1 aromatic rings. The lowest BCUT2D eigenvalue weighted by atomic mass is 10.0. The van der Waals surface area contributed by atoms with Crippen LogP contribution in [0.3, 0.4) is 0 Å². The largest absolute Gasteiger partial charge is 0.341 e. The van der Waals surface area contributed by atoms with Crippen LogP contribution in [0, 0.1) is 5.82 Å². The highest BCUT2D eigenvalue weighted by molar-refractivity contribution is 5.89. The average Bonchev–Trinajstić information content (AvgIpc) is 2.49. The molecule has 6 nitrogen and oxygen atoms in total. The van der Waals surface area contributed by atoms with Gasteiger partial charge in [0.25, 0.3) is 0 Å². The maximum atomic E-state index is 12.8. The quantitative estimate of drug-likeness (QED) is 0.791. The first-order chi connectivity index (χ1) is 10.8. The second-order valence-corrected chi connectivity index (χ2v) is 6.39. The van der Waals surface area contributed by atoms with Crippen molar-refractivity contribution in [3.63, 3.8) is 0 Å². The van der Waals surface area contributed by atoms with Crippen molar-refractivity contribution in [1.29, 1.82) is 0 Å². The van der Waals surface area contributed by atoms with E-state index in [0.717, 1.165) is 0 Å². The van der Waals surface area contributed by atoms with Crippen LogP contribution in [0.1, 0.15) is 26.7 Å². The molecule has 3 amide bonds. The molecule has 4 N–H and O–H groups in total. The minimum Gasteiger partial charge on any atom is -0.341 e. The van der Waals surface area contributed by atoms with Crippen LogP contribution < -0.4 is 16.4 Å². The maximum absolute atomic E-state index is 12.8. The number of anilines is 1. The SMILES string of the molecule is CC(C)(N)C(=O)N1CCC(NC(=O)Nc2ccc(F)cc2)CC1. The molecular formula is C16H23FN4O2. The molecular weight excluding hydrogens is 299 g/mol. The van der Waals surface area contributed by atoms with Crippen molar-refractivity contribution in [3.05, 3.63) is 30.1 Å². The predicted molar refractivity (Wildman–Crippen MR) is 86.4 cm³/mol. The van der Waals surface area contributed by atoms with Crippen molar-refractivity contribution in [2.24, 2.45) is 5.73 Å². The van der Waals surface area contributed by atoms with Gasteiger partial charge < -0.3 is 21.3 Å². The fraction of sp³-hybridized carbons (Fsp3) is 0.500. The van der Waals surface area contributed by atoms with Gasteiger partial charge in [0.2, 0.25) is 5.91 Å². The summed E-state index contributed by atoms with van der Waals surface area (Å²) in [5, 5.41) is 5.52. The van der Waals surface area contributed by atoms with E-state index >= 15 is 0 Å². The Morgan fingerprint density at radius 1 is 1.22 bits per heavy atom. The van der Waals surface area contributed by atoms with E-state index < -0.39 is 5.54 Å². The van der Waals surface area contributed by atoms with Gasteiger partial charge in [-0.2, -0.15) is 0 Å². The van der Waals surface area contributed by atoms with E-state index in [1.54, 1.807) is 18.7 Å². The van der Waals surface area contributed by atoms with E-state index in [9.17, 15) is 14.0 Å². The average molecular weight is 322 g/mol. The lowest BCUT2D eigenvalue weighted by Crippen LogP contribution is -2.55. The monoisotopic (exact) mass is 322 g/mol. The predicted octanol–water partition coefficient (Wildman–Crippen LogP) is 1.68. The summed E-state index contributed by atoms with van der Waals surface area (Å²) in [5.74, 6) is -0.428. The first-order valence-corrected chi connectivity index (χ1v) is 7.67. The summed E-state index contributed by atoms with van der Waals surface area (Å²) in [4.78, 5) is 25.7. The number of amides is 3. The number of likely N-dealkylation sites (tertiary alicyclic amines) is 1. The number of nitrogens with zero attached hydrogens (tertiary/aromatic N) is 1. The van der Waals surface area contributed by atoms with E-state index in [0.29, 0.717) is 31.6 Å². The number of benzene rings is 1. The van der Waals surface area contributed by atoms with Crippen molar-refractivity contribution in [1.82, 2.24) is 10.2 Å². The number of nitrogens with one attached hydrogen (secondary N) is 2. The lowest BCUT2D eigenvalue weighted by Gasteiger charge is -2.35. The van der Waals surface area contributed by atoms with Gasteiger partial charge in [-0.05, 0) is 51.0 Å². The Kier molecular flexibility index (Phi) is 5.20. The summed E-state index contributed by atoms with van der Waals surface area (Å²) >= 11 is 0. The Morgan fingerprint density at radius 2 is 1.78 bits per heavy atom. The van der Waals surface area contributed by atoms with Gasteiger partial charge in [-0.3, -0.25) is 4.79 Å². The van der Waals surface area contributed by atoms with Crippen LogP contribution in [0.2, 0.25) is 0 Å². The van der Waals surface area contributed by atoms with Crippen LogP contribution in [0.5, 0.6) is 0 Å². The molecule has 0 saturated carbocycles. The van der Waals surface area contributed by atoms with Crippen molar-refractivity contribution in [2.75, 3.05) is 18.4 Å². The van der Waals surface area contributed by atoms with Gasteiger partial charge >= 0.3 is 6.03 Å². The molecule has 0 spiro atoms. The fourth-order valence-corrected chi connectivity index (χ4v) is 2.52. The number of nitrogens with two attached hydrogens (primary N) is 1. The molecule has 1 aliphatic rings. The van der Waals surface area contributed by atoms with Crippen LogP contribution in [-0.2, 0) is 4.79 Å². The number of piperidine rings is 1. The van der Waals surface area contributed by atoms with Crippen molar-refractivity contribution in [2.45, 2.75) is 38.3 Å². The Morgan fingerprint density at radius 3 is 2.30 bits per heavy atom. The zero-order valence-corrected chi connectivity index (χ0v) is 13.4. The number of urea groups is 1. The molecule has 0 bridgehead atoms. The van der Waals surface area contributed by atoms with E-state index in [2.05, 4.69) is 10.6 Å². The van der Waals surface area contributed by atoms with E-state index in [1.807, 2.05) is 0 Å². The lowest BCUT2D eigenvalue weighted by molar-refractivity contribution is -0.136. The number of carbonyl (C=O) groups excluding carboxylic acids is 2. The third-order valence-electron chi connectivity index (χ3n) is 3.77. The number of rotatable bonds is 3. The van der Waals surface area contributed by atoms with Crippen LogP contribution in [0.15, 0.2) is 24.3 Å². The first-order valence-electron chi connectivity index (χ1n) is 7.67. The van der Waals surface area contributed by atoms with Gasteiger partial charge in [-0.25, -0.2) is 9.18 Å². The molecule has 0 aromatic heterocycles. The number of carbonyl (C=O) groups is 2. The molecule has 2 rings (SSSR count). The highest BCUT2D eigenvalue weighted by Crippen LogP contribution is 2.15. The van der Waals surface area contributed by atoms with E-state index in [1.165, 1.54) is 24.3 Å². The molecule has 0 atom stereocenters. The molecule has 126 valence electrons. The van der Waals surface area contributed by atoms with Crippen molar-refractivity contribution in [3.8, 4) is 0 Å². The minimum absolute atomic E-state index is 0.000357. The van der Waals surface area contributed by atoms with Crippen LogP contribution in [0.4, 0.5) is 14.9 Å². The smallest absolute Gasteiger partial charge is 0.319 e. The van der Waals surface area contributed by atoms with E-state index in [4.69, 9.17) is 5.73 Å². The number of hydrogen-bond donors (Lipinski definition) is 3. The third-order valence-corrected chi connectivity index (χ3v) is 3.77. The molecule has 1 heterocycles. The van der Waals surface area contributed by atoms with Gasteiger partial charge in [0.1, 0.15) is 5.82 Å².